The van der Waals surface area contributed by atoms with E-state index in [1.807, 2.05) is 6.92 Å². The molecule has 2 amide bonds. The van der Waals surface area contributed by atoms with Gasteiger partial charge in [-0.1, -0.05) is 6.92 Å². The van der Waals surface area contributed by atoms with Gasteiger partial charge >= 0.3 is 0 Å². The molecule has 1 saturated carbocycles. The van der Waals surface area contributed by atoms with Crippen molar-refractivity contribution in [1.29, 1.82) is 0 Å². The summed E-state index contributed by atoms with van der Waals surface area (Å²) in [4.78, 5) is 23.6. The van der Waals surface area contributed by atoms with Crippen LogP contribution in [0.3, 0.4) is 0 Å². The Kier molecular flexibility index (Phi) is 3.00. The second kappa shape index (κ2) is 4.68. The van der Waals surface area contributed by atoms with Crippen LogP contribution in [-0.4, -0.2) is 22.0 Å². The minimum Gasteiger partial charge on any atom is -0.281 e. The number of rotatable bonds is 2. The van der Waals surface area contributed by atoms with Crippen LogP contribution >= 0.6 is 0 Å². The molecular formula is C13H18N4O2. The number of fused-ring (bicyclic) bond motifs is 1. The minimum atomic E-state index is -0.332. The quantitative estimate of drug-likeness (QED) is 0.686. The van der Waals surface area contributed by atoms with Gasteiger partial charge < -0.3 is 0 Å². The number of hydrazine groups is 1. The average molecular weight is 262 g/mol. The summed E-state index contributed by atoms with van der Waals surface area (Å²) in [5, 5.41) is 6.98. The number of amides is 2. The molecule has 2 aliphatic carbocycles. The average Bonchev–Trinajstić information content (AvgIpc) is 3.00. The van der Waals surface area contributed by atoms with Gasteiger partial charge in [0.05, 0.1) is 0 Å². The number of nitrogens with one attached hydrogen (secondary N) is 3. The number of aromatic nitrogens is 2. The zero-order valence-electron chi connectivity index (χ0n) is 11.0. The molecule has 0 radical (unpaired) electrons. The molecule has 1 heterocycles. The predicted molar refractivity (Wildman–Crippen MR) is 68.1 cm³/mol. The maximum Gasteiger partial charge on any atom is 0.290 e. The van der Waals surface area contributed by atoms with E-state index < -0.39 is 0 Å². The first-order valence-electron chi connectivity index (χ1n) is 6.83. The molecular weight excluding hydrogens is 244 g/mol. The molecule has 1 aromatic heterocycles. The van der Waals surface area contributed by atoms with Crippen molar-refractivity contribution < 1.29 is 9.59 Å². The summed E-state index contributed by atoms with van der Waals surface area (Å²) in [6, 6.07) is 0. The molecule has 3 N–H and O–H groups in total. The Morgan fingerprint density at radius 3 is 2.74 bits per heavy atom. The van der Waals surface area contributed by atoms with Crippen LogP contribution in [0.1, 0.15) is 47.9 Å². The maximum absolute atomic E-state index is 12.0. The first-order valence-corrected chi connectivity index (χ1v) is 6.83. The van der Waals surface area contributed by atoms with Crippen molar-refractivity contribution in [2.24, 2.45) is 11.8 Å². The Hall–Kier alpha value is -1.85. The maximum atomic E-state index is 12.0. The smallest absolute Gasteiger partial charge is 0.281 e. The van der Waals surface area contributed by atoms with E-state index in [0.717, 1.165) is 43.4 Å². The molecule has 3 rings (SSSR count). The van der Waals surface area contributed by atoms with Crippen LogP contribution in [0.5, 0.6) is 0 Å². The zero-order chi connectivity index (χ0) is 13.4. The van der Waals surface area contributed by atoms with Gasteiger partial charge in [-0.15, -0.1) is 0 Å². The van der Waals surface area contributed by atoms with E-state index in [-0.39, 0.29) is 17.7 Å². The number of aromatic amines is 1. The molecule has 1 aromatic rings. The second-order valence-electron chi connectivity index (χ2n) is 5.50. The molecule has 0 aliphatic heterocycles. The van der Waals surface area contributed by atoms with Crippen LogP contribution in [0, 0.1) is 11.8 Å². The molecule has 0 unspecified atom stereocenters. The third kappa shape index (κ3) is 2.34. The molecule has 6 heteroatoms. The van der Waals surface area contributed by atoms with Gasteiger partial charge in [-0.25, -0.2) is 0 Å². The molecule has 1 fully saturated rings. The summed E-state index contributed by atoms with van der Waals surface area (Å²) in [5.41, 5.74) is 7.40. The van der Waals surface area contributed by atoms with Gasteiger partial charge in [0.1, 0.15) is 0 Å². The minimum absolute atomic E-state index is 0.0494. The van der Waals surface area contributed by atoms with Crippen molar-refractivity contribution in [3.05, 3.63) is 17.0 Å². The zero-order valence-corrected chi connectivity index (χ0v) is 11.0. The van der Waals surface area contributed by atoms with Crippen LogP contribution in [-0.2, 0) is 17.6 Å². The van der Waals surface area contributed by atoms with E-state index in [1.54, 1.807) is 0 Å². The third-order valence-electron chi connectivity index (χ3n) is 4.02. The van der Waals surface area contributed by atoms with E-state index in [1.165, 1.54) is 0 Å². The van der Waals surface area contributed by atoms with Crippen molar-refractivity contribution in [3.63, 3.8) is 0 Å². The Bertz CT molecular complexity index is 523. The number of carbonyl (C=O) groups excluding carboxylic acids is 2. The molecule has 0 saturated heterocycles. The number of nitrogens with zero attached hydrogens (tertiary/aromatic N) is 1. The number of H-pyrrole nitrogens is 1. The highest BCUT2D eigenvalue weighted by Gasteiger charge is 2.39. The lowest BCUT2D eigenvalue weighted by Gasteiger charge is -2.11. The molecule has 19 heavy (non-hydrogen) atoms. The van der Waals surface area contributed by atoms with Crippen molar-refractivity contribution >= 4 is 11.8 Å². The Morgan fingerprint density at radius 2 is 2.00 bits per heavy atom. The molecule has 6 nitrogen and oxygen atoms in total. The van der Waals surface area contributed by atoms with Crippen LogP contribution in [0.2, 0.25) is 0 Å². The summed E-state index contributed by atoms with van der Waals surface area (Å²) >= 11 is 0. The van der Waals surface area contributed by atoms with E-state index in [9.17, 15) is 9.59 Å². The van der Waals surface area contributed by atoms with Crippen LogP contribution < -0.4 is 10.9 Å². The van der Waals surface area contributed by atoms with Crippen LogP contribution in [0.4, 0.5) is 0 Å². The van der Waals surface area contributed by atoms with E-state index >= 15 is 0 Å². The number of carbonyl (C=O) groups is 2. The number of aryl methyl sites for hydroxylation is 1. The van der Waals surface area contributed by atoms with Crippen molar-refractivity contribution in [2.45, 2.75) is 39.0 Å². The fourth-order valence-corrected chi connectivity index (χ4v) is 2.63. The van der Waals surface area contributed by atoms with E-state index in [0.29, 0.717) is 11.6 Å². The first kappa shape index (κ1) is 12.2. The normalized spacial score (nSPS) is 24.5. The lowest BCUT2D eigenvalue weighted by atomic mass is 9.96. The van der Waals surface area contributed by atoms with Gasteiger partial charge in [0, 0.05) is 17.2 Å². The highest BCUT2D eigenvalue weighted by molar-refractivity contribution is 5.95. The monoisotopic (exact) mass is 262 g/mol. The summed E-state index contributed by atoms with van der Waals surface area (Å²) in [5.74, 6) is 0.0368. The third-order valence-corrected chi connectivity index (χ3v) is 4.02. The topological polar surface area (TPSA) is 86.9 Å². The van der Waals surface area contributed by atoms with Crippen molar-refractivity contribution in [2.75, 3.05) is 0 Å². The Balaban J connectivity index is 1.61. The predicted octanol–water partition coefficient (Wildman–Crippen LogP) is 0.705. The van der Waals surface area contributed by atoms with Gasteiger partial charge in [-0.05, 0) is 38.0 Å². The number of hydrogen-bond acceptors (Lipinski definition) is 3. The molecule has 2 aliphatic rings. The van der Waals surface area contributed by atoms with E-state index in [4.69, 9.17) is 0 Å². The Morgan fingerprint density at radius 1 is 1.26 bits per heavy atom. The first-order chi connectivity index (χ1) is 9.16. The van der Waals surface area contributed by atoms with Crippen LogP contribution in [0.25, 0.3) is 0 Å². The molecule has 0 aromatic carbocycles. The molecule has 0 spiro atoms. The molecule has 0 bridgehead atoms. The highest BCUT2D eigenvalue weighted by Crippen LogP contribution is 2.37. The van der Waals surface area contributed by atoms with Gasteiger partial charge in [0.25, 0.3) is 5.91 Å². The lowest BCUT2D eigenvalue weighted by Crippen LogP contribution is -2.43. The van der Waals surface area contributed by atoms with Gasteiger partial charge in [-0.3, -0.25) is 25.5 Å². The molecule has 2 atom stereocenters. The second-order valence-corrected chi connectivity index (χ2v) is 5.50. The summed E-state index contributed by atoms with van der Waals surface area (Å²) in [7, 11) is 0. The summed E-state index contributed by atoms with van der Waals surface area (Å²) in [6.07, 6.45) is 4.94. The van der Waals surface area contributed by atoms with Crippen molar-refractivity contribution in [3.8, 4) is 0 Å². The summed E-state index contributed by atoms with van der Waals surface area (Å²) < 4.78 is 0. The van der Waals surface area contributed by atoms with Gasteiger partial charge in [-0.2, -0.15) is 5.10 Å². The lowest BCUT2D eigenvalue weighted by molar-refractivity contribution is -0.123. The standard InChI is InChI=1S/C13H18N4O2/c1-7-6-9(7)12(18)16-17-13(19)11-8-4-2-3-5-10(8)14-15-11/h7,9H,2-6H2,1H3,(H,14,15)(H,16,18)(H,17,19)/t7-,9-/m1/s1. The van der Waals surface area contributed by atoms with Crippen LogP contribution in [0.15, 0.2) is 0 Å². The van der Waals surface area contributed by atoms with Gasteiger partial charge in [0.2, 0.25) is 5.91 Å². The molecule has 102 valence electrons. The summed E-state index contributed by atoms with van der Waals surface area (Å²) in [6.45, 7) is 2.02. The van der Waals surface area contributed by atoms with E-state index in [2.05, 4.69) is 21.0 Å². The number of hydrogen-bond donors (Lipinski definition) is 3. The fourth-order valence-electron chi connectivity index (χ4n) is 2.63. The fraction of sp³-hybridized carbons (Fsp3) is 0.615. The largest absolute Gasteiger partial charge is 0.290 e. The van der Waals surface area contributed by atoms with Gasteiger partial charge in [0.15, 0.2) is 5.69 Å². The van der Waals surface area contributed by atoms with Crippen molar-refractivity contribution in [1.82, 2.24) is 21.0 Å². The Labute approximate surface area is 111 Å². The SMILES string of the molecule is C[C@@H]1C[C@H]1C(=O)NNC(=O)c1n[nH]c2c1CCCC2. The highest BCUT2D eigenvalue weighted by atomic mass is 16.2.